The highest BCUT2D eigenvalue weighted by atomic mass is 16.3. The maximum absolute atomic E-state index is 13.4. The summed E-state index contributed by atoms with van der Waals surface area (Å²) in [5.74, 6) is -0.807. The van der Waals surface area contributed by atoms with Crippen molar-refractivity contribution in [3.05, 3.63) is 66.2 Å². The van der Waals surface area contributed by atoms with E-state index >= 15 is 0 Å². The van der Waals surface area contributed by atoms with Gasteiger partial charge in [-0.3, -0.25) is 14.5 Å². The van der Waals surface area contributed by atoms with E-state index in [0.29, 0.717) is 12.1 Å². The Morgan fingerprint density at radius 3 is 2.41 bits per heavy atom. The highest BCUT2D eigenvalue weighted by Gasteiger charge is 2.33. The Bertz CT molecular complexity index is 849. The van der Waals surface area contributed by atoms with Gasteiger partial charge in [-0.05, 0) is 42.2 Å². The van der Waals surface area contributed by atoms with E-state index < -0.39 is 18.0 Å². The Morgan fingerprint density at radius 1 is 1.17 bits per heavy atom. The van der Waals surface area contributed by atoms with Crippen molar-refractivity contribution >= 4 is 23.6 Å². The van der Waals surface area contributed by atoms with Gasteiger partial charge in [0.15, 0.2) is 0 Å². The summed E-state index contributed by atoms with van der Waals surface area (Å²) in [7, 11) is 0. The molecule has 6 nitrogen and oxygen atoms in total. The number of phenols is 1. The Hall–Kier alpha value is -3.12. The molecule has 0 aromatic heterocycles. The number of rotatable bonds is 10. The van der Waals surface area contributed by atoms with E-state index in [4.69, 9.17) is 11.5 Å². The van der Waals surface area contributed by atoms with Crippen LogP contribution in [0.4, 0.5) is 5.69 Å². The molecule has 5 N–H and O–H groups in total. The van der Waals surface area contributed by atoms with Gasteiger partial charge in [-0.1, -0.05) is 62.8 Å². The molecular formula is C23H29N3O3. The molecular weight excluding hydrogens is 366 g/mol. The van der Waals surface area contributed by atoms with E-state index in [0.717, 1.165) is 24.0 Å². The molecule has 0 saturated carbocycles. The minimum absolute atomic E-state index is 0.142. The van der Waals surface area contributed by atoms with Gasteiger partial charge in [-0.2, -0.15) is 0 Å². The maximum Gasteiger partial charge on any atom is 0.245 e. The second-order valence-corrected chi connectivity index (χ2v) is 7.01. The molecule has 0 aliphatic heterocycles. The number of anilines is 1. The molecule has 154 valence electrons. The molecule has 0 saturated heterocycles. The van der Waals surface area contributed by atoms with Crippen LogP contribution >= 0.6 is 0 Å². The average Bonchev–Trinajstić information content (AvgIpc) is 2.72. The van der Waals surface area contributed by atoms with E-state index in [1.54, 1.807) is 42.5 Å². The Balaban J connectivity index is 2.41. The number of phenolic OH excluding ortho intramolecular Hbond substituents is 1. The SMILES string of the molecule is C=Cc1ccccc1N(C(=O)C(N)Cc1ccc(O)cc1)C(CCCC)C(N)=O. The Labute approximate surface area is 171 Å². The van der Waals surface area contributed by atoms with Gasteiger partial charge in [-0.15, -0.1) is 0 Å². The lowest BCUT2D eigenvalue weighted by atomic mass is 10.0. The first kappa shape index (κ1) is 22.2. The van der Waals surface area contributed by atoms with Crippen LogP contribution in [0.15, 0.2) is 55.1 Å². The number of nitrogens with zero attached hydrogens (tertiary/aromatic N) is 1. The number of carbonyl (C=O) groups excluding carboxylic acids is 2. The first-order valence-electron chi connectivity index (χ1n) is 9.76. The largest absolute Gasteiger partial charge is 0.508 e. The quantitative estimate of drug-likeness (QED) is 0.574. The monoisotopic (exact) mass is 395 g/mol. The minimum Gasteiger partial charge on any atom is -0.508 e. The third-order valence-corrected chi connectivity index (χ3v) is 4.83. The number of hydrogen-bond donors (Lipinski definition) is 3. The van der Waals surface area contributed by atoms with Crippen LogP contribution in [0.25, 0.3) is 6.08 Å². The Morgan fingerprint density at radius 2 is 1.83 bits per heavy atom. The average molecular weight is 396 g/mol. The molecule has 2 aromatic rings. The number of hydrogen-bond acceptors (Lipinski definition) is 4. The lowest BCUT2D eigenvalue weighted by Gasteiger charge is -2.33. The lowest BCUT2D eigenvalue weighted by molar-refractivity contribution is -0.125. The van der Waals surface area contributed by atoms with Crippen molar-refractivity contribution in [1.29, 1.82) is 0 Å². The van der Waals surface area contributed by atoms with Gasteiger partial charge in [-0.25, -0.2) is 0 Å². The van der Waals surface area contributed by atoms with Gasteiger partial charge in [0.2, 0.25) is 11.8 Å². The molecule has 0 spiro atoms. The fourth-order valence-electron chi connectivity index (χ4n) is 3.27. The molecule has 2 unspecified atom stereocenters. The zero-order valence-electron chi connectivity index (χ0n) is 16.8. The van der Waals surface area contributed by atoms with Crippen LogP contribution in [0.1, 0.15) is 37.3 Å². The van der Waals surface area contributed by atoms with Gasteiger partial charge in [0.1, 0.15) is 11.8 Å². The molecule has 2 atom stereocenters. The molecule has 2 aromatic carbocycles. The summed E-state index contributed by atoms with van der Waals surface area (Å²) in [5.41, 5.74) is 14.0. The van der Waals surface area contributed by atoms with Crippen LogP contribution in [0.5, 0.6) is 5.75 Å². The fourth-order valence-corrected chi connectivity index (χ4v) is 3.27. The zero-order chi connectivity index (χ0) is 21.4. The van der Waals surface area contributed by atoms with E-state index in [9.17, 15) is 14.7 Å². The van der Waals surface area contributed by atoms with Crippen molar-refractivity contribution in [2.24, 2.45) is 11.5 Å². The molecule has 29 heavy (non-hydrogen) atoms. The molecule has 0 aliphatic carbocycles. The predicted molar refractivity (Wildman–Crippen MR) is 116 cm³/mol. The topological polar surface area (TPSA) is 110 Å². The third kappa shape index (κ3) is 5.68. The van der Waals surface area contributed by atoms with Crippen LogP contribution in [0.3, 0.4) is 0 Å². The summed E-state index contributed by atoms with van der Waals surface area (Å²) in [4.78, 5) is 27.1. The summed E-state index contributed by atoms with van der Waals surface area (Å²) in [6.07, 6.45) is 3.98. The molecule has 0 aliphatic rings. The number of amides is 2. The predicted octanol–water partition coefficient (Wildman–Crippen LogP) is 2.98. The molecule has 0 heterocycles. The van der Waals surface area contributed by atoms with Crippen molar-refractivity contribution in [3.8, 4) is 5.75 Å². The zero-order valence-corrected chi connectivity index (χ0v) is 16.8. The van der Waals surface area contributed by atoms with Crippen LogP contribution in [0.2, 0.25) is 0 Å². The number of para-hydroxylation sites is 1. The number of primary amides is 1. The van der Waals surface area contributed by atoms with Gasteiger partial charge < -0.3 is 16.6 Å². The van der Waals surface area contributed by atoms with Gasteiger partial charge in [0.25, 0.3) is 0 Å². The molecule has 6 heteroatoms. The second kappa shape index (κ2) is 10.4. The first-order chi connectivity index (χ1) is 13.9. The van der Waals surface area contributed by atoms with Crippen LogP contribution in [-0.2, 0) is 16.0 Å². The summed E-state index contributed by atoms with van der Waals surface area (Å²) in [6.45, 7) is 5.82. The van der Waals surface area contributed by atoms with Crippen molar-refractivity contribution in [2.75, 3.05) is 4.90 Å². The number of nitrogens with two attached hydrogens (primary N) is 2. The standard InChI is InChI=1S/C23H29N3O3/c1-3-5-9-21(22(25)28)26(20-10-7-6-8-17(20)4-2)23(29)19(24)15-16-11-13-18(27)14-12-16/h4,6-8,10-14,19,21,27H,2-3,5,9,15,24H2,1H3,(H2,25,28). The van der Waals surface area contributed by atoms with E-state index in [-0.39, 0.29) is 18.1 Å². The number of aromatic hydroxyl groups is 1. The summed E-state index contributed by atoms with van der Waals surface area (Å²) < 4.78 is 0. The second-order valence-electron chi connectivity index (χ2n) is 7.01. The van der Waals surface area contributed by atoms with Gasteiger partial charge in [0.05, 0.1) is 11.7 Å². The maximum atomic E-state index is 13.4. The van der Waals surface area contributed by atoms with Gasteiger partial charge in [0, 0.05) is 0 Å². The van der Waals surface area contributed by atoms with E-state index in [1.165, 1.54) is 4.90 Å². The summed E-state index contributed by atoms with van der Waals surface area (Å²) in [5, 5.41) is 9.44. The van der Waals surface area contributed by atoms with Crippen LogP contribution in [0, 0.1) is 0 Å². The summed E-state index contributed by atoms with van der Waals surface area (Å²) >= 11 is 0. The molecule has 0 fully saturated rings. The minimum atomic E-state index is -0.874. The van der Waals surface area contributed by atoms with E-state index in [1.807, 2.05) is 19.1 Å². The first-order valence-corrected chi connectivity index (χ1v) is 9.76. The highest BCUT2D eigenvalue weighted by molar-refractivity contribution is 6.04. The number of unbranched alkanes of at least 4 members (excludes halogenated alkanes) is 1. The smallest absolute Gasteiger partial charge is 0.245 e. The van der Waals surface area contributed by atoms with Crippen LogP contribution < -0.4 is 16.4 Å². The van der Waals surface area contributed by atoms with E-state index in [2.05, 4.69) is 6.58 Å². The van der Waals surface area contributed by atoms with Gasteiger partial charge >= 0.3 is 0 Å². The highest BCUT2D eigenvalue weighted by Crippen LogP contribution is 2.27. The van der Waals surface area contributed by atoms with Crippen molar-refractivity contribution < 1.29 is 14.7 Å². The number of carbonyl (C=O) groups is 2. The van der Waals surface area contributed by atoms with Crippen molar-refractivity contribution in [3.63, 3.8) is 0 Å². The molecule has 2 amide bonds. The number of benzene rings is 2. The Kier molecular flexibility index (Phi) is 7.98. The van der Waals surface area contributed by atoms with Crippen molar-refractivity contribution in [2.45, 2.75) is 44.7 Å². The molecule has 0 radical (unpaired) electrons. The third-order valence-electron chi connectivity index (χ3n) is 4.83. The normalized spacial score (nSPS) is 12.8. The molecule has 0 bridgehead atoms. The lowest BCUT2D eigenvalue weighted by Crippen LogP contribution is -2.54. The summed E-state index contributed by atoms with van der Waals surface area (Å²) in [6, 6.07) is 12.1. The van der Waals surface area contributed by atoms with Crippen LogP contribution in [-0.4, -0.2) is 29.0 Å². The van der Waals surface area contributed by atoms with Crippen molar-refractivity contribution in [1.82, 2.24) is 0 Å². The fraction of sp³-hybridized carbons (Fsp3) is 0.304. The molecule has 2 rings (SSSR count).